The second-order valence-corrected chi connectivity index (χ2v) is 32.2. The van der Waals surface area contributed by atoms with Gasteiger partial charge in [-0.1, -0.05) is 144 Å². The van der Waals surface area contributed by atoms with Crippen LogP contribution in [-0.4, -0.2) is 110 Å². The van der Waals surface area contributed by atoms with Crippen LogP contribution in [0.15, 0.2) is 115 Å². The predicted octanol–water partition coefficient (Wildman–Crippen LogP) is 19.7. The van der Waals surface area contributed by atoms with Crippen molar-refractivity contribution in [1.82, 2.24) is 37.6 Å². The van der Waals surface area contributed by atoms with E-state index in [1.54, 1.807) is 12.1 Å². The summed E-state index contributed by atoms with van der Waals surface area (Å²) in [7, 11) is 2.83. The van der Waals surface area contributed by atoms with Crippen molar-refractivity contribution in [2.75, 3.05) is 14.2 Å². The number of methoxy groups -OCH3 is 2. The summed E-state index contributed by atoms with van der Waals surface area (Å²) in [5.74, 6) is -1.82. The van der Waals surface area contributed by atoms with Crippen LogP contribution >= 0.6 is 0 Å². The molecule has 4 N–H and O–H groups in total. The lowest BCUT2D eigenvalue weighted by molar-refractivity contribution is 0.0592. The lowest BCUT2D eigenvalue weighted by Gasteiger charge is -2.26. The van der Waals surface area contributed by atoms with Crippen molar-refractivity contribution in [3.63, 3.8) is 0 Å². The van der Waals surface area contributed by atoms with Crippen LogP contribution in [0.4, 0.5) is 0 Å². The first-order valence-electron chi connectivity index (χ1n) is 40.2. The fraction of sp³-hybridized carbons (Fsp3) is 0.407. The molecule has 19 rings (SSSR count). The van der Waals surface area contributed by atoms with Gasteiger partial charge in [-0.2, -0.15) is 0 Å². The van der Waals surface area contributed by atoms with Crippen molar-refractivity contribution in [3.05, 3.63) is 177 Å². The lowest BCUT2D eigenvalue weighted by atomic mass is 9.81. The number of aryl methyl sites for hydroxylation is 6. The number of hydrogen-bond acceptors (Lipinski definition) is 9. The van der Waals surface area contributed by atoms with Gasteiger partial charge in [0.25, 0.3) is 5.91 Å². The third-order valence-corrected chi connectivity index (χ3v) is 25.3. The van der Waals surface area contributed by atoms with Crippen LogP contribution in [0.25, 0.3) is 99.2 Å². The molecular formula is C91H98N8O11. The molecule has 3 aliphatic carbocycles. The minimum absolute atomic E-state index is 0.145. The zero-order valence-corrected chi connectivity index (χ0v) is 64.0. The summed E-state index contributed by atoms with van der Waals surface area (Å²) in [5, 5.41) is 40.2. The molecule has 6 aromatic carbocycles. The Bertz CT molecular complexity index is 5750. The highest BCUT2D eigenvalue weighted by atomic mass is 16.5. The molecule has 4 aliphatic heterocycles. The van der Waals surface area contributed by atoms with Crippen LogP contribution in [0.2, 0.25) is 0 Å². The third kappa shape index (κ3) is 12.1. The Morgan fingerprint density at radius 3 is 1.32 bits per heavy atom. The summed E-state index contributed by atoms with van der Waals surface area (Å²) in [6.07, 6.45) is 20.6. The smallest absolute Gasteiger partial charge is 0.352 e. The van der Waals surface area contributed by atoms with Crippen molar-refractivity contribution in [2.45, 2.75) is 225 Å². The summed E-state index contributed by atoms with van der Waals surface area (Å²) >= 11 is 0. The molecule has 3 fully saturated rings. The van der Waals surface area contributed by atoms with Crippen LogP contribution in [0.3, 0.4) is 0 Å². The first kappa shape index (κ1) is 72.2. The summed E-state index contributed by atoms with van der Waals surface area (Å²) in [5.41, 5.74) is 22.4. The Morgan fingerprint density at radius 1 is 0.436 bits per heavy atom. The largest absolute Gasteiger partial charge is 0.478 e. The highest BCUT2D eigenvalue weighted by Gasteiger charge is 2.40. The zero-order valence-electron chi connectivity index (χ0n) is 64.0. The van der Waals surface area contributed by atoms with E-state index >= 15 is 0 Å². The number of carboxylic acids is 3. The van der Waals surface area contributed by atoms with E-state index in [-0.39, 0.29) is 29.9 Å². The molecule has 12 aromatic rings. The number of amides is 1. The van der Waals surface area contributed by atoms with Crippen LogP contribution < -0.4 is 5.32 Å². The van der Waals surface area contributed by atoms with Crippen molar-refractivity contribution in [2.24, 2.45) is 0 Å². The molecule has 568 valence electrons. The molecular weight excluding hydrogens is 1380 g/mol. The molecule has 1 amide bonds. The van der Waals surface area contributed by atoms with E-state index in [9.17, 15) is 44.1 Å². The highest BCUT2D eigenvalue weighted by molar-refractivity contribution is 6.11. The number of nitrogens with one attached hydrogen (secondary N) is 1. The van der Waals surface area contributed by atoms with E-state index in [1.807, 2.05) is 58.0 Å². The van der Waals surface area contributed by atoms with Gasteiger partial charge in [0.1, 0.15) is 17.1 Å². The van der Waals surface area contributed by atoms with Crippen LogP contribution in [0.5, 0.6) is 0 Å². The molecule has 0 bridgehead atoms. The molecule has 0 spiro atoms. The Labute approximate surface area is 639 Å². The van der Waals surface area contributed by atoms with E-state index in [4.69, 9.17) is 9.47 Å². The maximum absolute atomic E-state index is 13.6. The first-order chi connectivity index (χ1) is 53.4. The standard InChI is InChI=1S/C32H37N3O4.C31H33N3O3.C28H28N2O4/c1-19(2)33-18-25-22-11-7-12-24-28(22)35(30(25)31(36)37)16-8-15-34-26-17-21(32(38)39-3)13-14-23(26)27(29(24)34)20-9-5-4-6-10-20;1-18(2)34-17-24-21-10-6-11-23-27(21)33(29(24)30(34)35)15-7-14-32-25-16-20(31(36)37)12-13-22(25)26(28(23)32)19-8-4-3-5-9-19;1-34-28(33)19-11-12-20-22(16-19)29-13-6-14-30-23(27(31)32)15-18-9-5-10-21(25(18)30)26(29)24(20)17-7-3-2-4-8-17/h7,11-14,17,19-20,33H,4-6,8-10,15-16,18H2,1-3H3,(H,36,37);6,10-13,16,18-19H,3-5,7-9,14-15,17H2,1-2H3,(H,36,37);5,9-12,15-17H,2-4,6-8,13-14H2,1H3,(H,31,32). The molecule has 19 heteroatoms. The van der Waals surface area contributed by atoms with E-state index in [1.165, 1.54) is 151 Å². The van der Waals surface area contributed by atoms with Crippen molar-refractivity contribution >= 4 is 101 Å². The van der Waals surface area contributed by atoms with E-state index < -0.39 is 17.9 Å². The molecule has 19 nitrogen and oxygen atoms in total. The third-order valence-electron chi connectivity index (χ3n) is 25.3. The number of para-hydroxylation sites is 3. The minimum atomic E-state index is -0.890. The van der Waals surface area contributed by atoms with Gasteiger partial charge in [0.2, 0.25) is 0 Å². The van der Waals surface area contributed by atoms with Crippen LogP contribution in [-0.2, 0) is 61.8 Å². The number of nitrogens with zero attached hydrogens (tertiary/aromatic N) is 7. The number of aromatic carboxylic acids is 3. The van der Waals surface area contributed by atoms with Gasteiger partial charge in [-0.05, 0) is 149 Å². The van der Waals surface area contributed by atoms with Gasteiger partial charge >= 0.3 is 29.8 Å². The minimum Gasteiger partial charge on any atom is -0.478 e. The molecule has 110 heavy (non-hydrogen) atoms. The summed E-state index contributed by atoms with van der Waals surface area (Å²) in [6.45, 7) is 13.8. The van der Waals surface area contributed by atoms with Gasteiger partial charge in [-0.3, -0.25) is 4.79 Å². The first-order valence-corrected chi connectivity index (χ1v) is 40.2. The number of carbonyl (C=O) groups is 6. The highest BCUT2D eigenvalue weighted by Crippen LogP contribution is 2.52. The van der Waals surface area contributed by atoms with E-state index in [2.05, 4.69) is 110 Å². The lowest BCUT2D eigenvalue weighted by Crippen LogP contribution is -2.32. The Kier molecular flexibility index (Phi) is 19.2. The van der Waals surface area contributed by atoms with Gasteiger partial charge < -0.3 is 62.4 Å². The number of rotatable bonds is 12. The topological polar surface area (TPSA) is 226 Å². The van der Waals surface area contributed by atoms with Crippen LogP contribution in [0, 0.1) is 0 Å². The average molecular weight is 1480 g/mol. The molecule has 0 unspecified atom stereocenters. The number of fused-ring (bicyclic) bond motifs is 15. The molecule has 7 aliphatic rings. The molecule has 6 aromatic heterocycles. The average Bonchev–Trinajstić information content (AvgIpc) is 1.54. The summed E-state index contributed by atoms with van der Waals surface area (Å²) in [4.78, 5) is 77.0. The number of aromatic nitrogens is 6. The van der Waals surface area contributed by atoms with E-state index in [0.717, 1.165) is 137 Å². The monoisotopic (exact) mass is 1480 g/mol. The number of esters is 2. The molecule has 0 radical (unpaired) electrons. The fourth-order valence-corrected chi connectivity index (χ4v) is 20.5. The van der Waals surface area contributed by atoms with Gasteiger partial charge in [-0.25, -0.2) is 24.0 Å². The van der Waals surface area contributed by atoms with E-state index in [0.29, 0.717) is 72.0 Å². The van der Waals surface area contributed by atoms with Crippen molar-refractivity contribution < 1.29 is 53.6 Å². The second kappa shape index (κ2) is 29.3. The van der Waals surface area contributed by atoms with Gasteiger partial charge in [0, 0.05) is 141 Å². The van der Waals surface area contributed by atoms with Crippen molar-refractivity contribution in [3.8, 4) is 33.8 Å². The predicted molar refractivity (Wildman–Crippen MR) is 430 cm³/mol. The molecule has 10 heterocycles. The maximum Gasteiger partial charge on any atom is 0.352 e. The Morgan fingerprint density at radius 2 is 0.864 bits per heavy atom. The Hall–Kier alpha value is -10.7. The number of carbonyl (C=O) groups excluding carboxylic acids is 3. The van der Waals surface area contributed by atoms with Crippen molar-refractivity contribution in [1.29, 1.82) is 0 Å². The molecule has 0 atom stereocenters. The maximum atomic E-state index is 13.6. The second-order valence-electron chi connectivity index (χ2n) is 32.2. The van der Waals surface area contributed by atoms with Gasteiger partial charge in [0.15, 0.2) is 0 Å². The molecule has 3 saturated carbocycles. The summed E-state index contributed by atoms with van der Waals surface area (Å²) in [6, 6.07) is 38.8. The Balaban J connectivity index is 0.000000121. The zero-order chi connectivity index (χ0) is 76.1. The number of carboxylic acid groups (broad SMARTS) is 3. The van der Waals surface area contributed by atoms with Crippen LogP contribution in [0.1, 0.15) is 251 Å². The number of benzene rings is 6. The van der Waals surface area contributed by atoms with Gasteiger partial charge in [0.05, 0.1) is 64.5 Å². The number of hydrogen-bond donors (Lipinski definition) is 4. The SMILES string of the molecule is CC(C)N1Cc2c(n3c4c(cccc24)-c2c(C4CCCCC4)c4ccc(C(=O)O)cc4n2CCC3)C1=O.COC(=O)c1ccc2c(C3CCCCC3)c3n(c2c1)CCCn1c(C(=O)O)c(CNC(C)C)c2cccc-3c21.COC(=O)c1ccc2c(C3CCCCC3)c3n(c2c1)CCCn1c(C(=O)O)cc2cccc-3c21. The molecule has 0 saturated heterocycles. The number of ether oxygens (including phenoxy) is 2. The quantitative estimate of drug-likeness (QED) is 0.0838. The van der Waals surface area contributed by atoms with Gasteiger partial charge in [-0.15, -0.1) is 0 Å². The normalized spacial score (nSPS) is 16.7. The summed E-state index contributed by atoms with van der Waals surface area (Å²) < 4.78 is 23.6. The fourth-order valence-electron chi connectivity index (χ4n) is 20.5.